The van der Waals surface area contributed by atoms with Gasteiger partial charge in [-0.1, -0.05) is 37.5 Å². The van der Waals surface area contributed by atoms with Crippen LogP contribution in [0.3, 0.4) is 0 Å². The van der Waals surface area contributed by atoms with Gasteiger partial charge < -0.3 is 10.1 Å². The molecule has 2 rings (SSSR count). The second-order valence-corrected chi connectivity index (χ2v) is 6.57. The lowest BCUT2D eigenvalue weighted by atomic mass is 9.95. The van der Waals surface area contributed by atoms with Crippen molar-refractivity contribution >= 4 is 11.9 Å². The highest BCUT2D eigenvalue weighted by atomic mass is 16.5. The van der Waals surface area contributed by atoms with E-state index in [4.69, 9.17) is 4.74 Å². The molecule has 126 valence electrons. The predicted molar refractivity (Wildman–Crippen MR) is 90.2 cm³/mol. The first kappa shape index (κ1) is 17.5. The summed E-state index contributed by atoms with van der Waals surface area (Å²) in [6.45, 7) is 5.69. The molecule has 0 bridgehead atoms. The number of rotatable bonds is 5. The number of carbonyl (C=O) groups is 2. The van der Waals surface area contributed by atoms with E-state index in [-0.39, 0.29) is 24.3 Å². The second kappa shape index (κ2) is 8.14. The van der Waals surface area contributed by atoms with Gasteiger partial charge in [-0.2, -0.15) is 0 Å². The summed E-state index contributed by atoms with van der Waals surface area (Å²) in [5.74, 6) is -0.551. The molecule has 0 spiro atoms. The van der Waals surface area contributed by atoms with Crippen LogP contribution in [0.4, 0.5) is 0 Å². The van der Waals surface area contributed by atoms with Crippen molar-refractivity contribution in [2.24, 2.45) is 0 Å². The number of hydrogen-bond acceptors (Lipinski definition) is 3. The van der Waals surface area contributed by atoms with Crippen LogP contribution in [0, 0.1) is 13.8 Å². The zero-order chi connectivity index (χ0) is 16.8. The molecule has 0 aromatic heterocycles. The first-order chi connectivity index (χ1) is 11.0. The average Bonchev–Trinajstić information content (AvgIpc) is 2.51. The van der Waals surface area contributed by atoms with Crippen molar-refractivity contribution in [1.82, 2.24) is 5.32 Å². The Morgan fingerprint density at radius 2 is 1.87 bits per heavy atom. The molecule has 0 heterocycles. The van der Waals surface area contributed by atoms with E-state index in [1.807, 2.05) is 32.0 Å². The molecule has 1 amide bonds. The third-order valence-electron chi connectivity index (χ3n) is 4.55. The molecular weight excluding hydrogens is 290 g/mol. The van der Waals surface area contributed by atoms with E-state index in [2.05, 4.69) is 5.32 Å². The zero-order valence-electron chi connectivity index (χ0n) is 14.4. The molecule has 0 saturated heterocycles. The summed E-state index contributed by atoms with van der Waals surface area (Å²) in [6, 6.07) is 6.15. The fourth-order valence-corrected chi connectivity index (χ4v) is 2.94. The molecular formula is C19H27NO3. The molecule has 4 nitrogen and oxygen atoms in total. The Balaban J connectivity index is 1.81. The Labute approximate surface area is 138 Å². The lowest BCUT2D eigenvalue weighted by Gasteiger charge is -2.24. The van der Waals surface area contributed by atoms with Crippen molar-refractivity contribution < 1.29 is 14.3 Å². The highest BCUT2D eigenvalue weighted by molar-refractivity contribution is 5.84. The maximum absolute atomic E-state index is 12.1. The first-order valence-electron chi connectivity index (χ1n) is 8.51. The summed E-state index contributed by atoms with van der Waals surface area (Å²) < 4.78 is 5.28. The molecule has 1 atom stereocenters. The molecule has 0 radical (unpaired) electrons. The number of nitrogens with one attached hydrogen (secondary N) is 1. The van der Waals surface area contributed by atoms with Crippen molar-refractivity contribution in [3.05, 3.63) is 34.9 Å². The van der Waals surface area contributed by atoms with Gasteiger partial charge >= 0.3 is 5.97 Å². The van der Waals surface area contributed by atoms with Gasteiger partial charge in [-0.05, 0) is 50.3 Å². The van der Waals surface area contributed by atoms with Gasteiger partial charge in [0.2, 0.25) is 0 Å². The number of esters is 1. The largest absolute Gasteiger partial charge is 0.452 e. The van der Waals surface area contributed by atoms with E-state index in [0.29, 0.717) is 0 Å². The molecule has 1 aromatic carbocycles. The Morgan fingerprint density at radius 3 is 2.52 bits per heavy atom. The Hall–Kier alpha value is -1.84. The molecule has 0 aliphatic heterocycles. The van der Waals surface area contributed by atoms with Gasteiger partial charge in [0.05, 0.1) is 6.42 Å². The van der Waals surface area contributed by atoms with Crippen LogP contribution in [0.2, 0.25) is 0 Å². The van der Waals surface area contributed by atoms with E-state index >= 15 is 0 Å². The average molecular weight is 317 g/mol. The third-order valence-corrected chi connectivity index (χ3v) is 4.55. The van der Waals surface area contributed by atoms with Gasteiger partial charge in [0.1, 0.15) is 0 Å². The van der Waals surface area contributed by atoms with E-state index in [1.54, 1.807) is 6.92 Å². The van der Waals surface area contributed by atoms with Crippen LogP contribution >= 0.6 is 0 Å². The summed E-state index contributed by atoms with van der Waals surface area (Å²) in [6.07, 6.45) is 5.06. The molecule has 1 aliphatic carbocycles. The molecule has 1 aromatic rings. The molecule has 4 heteroatoms. The van der Waals surface area contributed by atoms with Crippen LogP contribution in [-0.2, 0) is 20.7 Å². The van der Waals surface area contributed by atoms with Crippen molar-refractivity contribution in [1.29, 1.82) is 0 Å². The number of amides is 1. The van der Waals surface area contributed by atoms with Gasteiger partial charge in [0, 0.05) is 6.04 Å². The highest BCUT2D eigenvalue weighted by Gasteiger charge is 2.22. The lowest BCUT2D eigenvalue weighted by molar-refractivity contribution is -0.154. The van der Waals surface area contributed by atoms with E-state index in [1.165, 1.54) is 12.0 Å². The molecule has 1 aliphatic rings. The predicted octanol–water partition coefficient (Wildman–Crippen LogP) is 3.23. The smallest absolute Gasteiger partial charge is 0.311 e. The van der Waals surface area contributed by atoms with Crippen LogP contribution in [0.25, 0.3) is 0 Å². The number of carbonyl (C=O) groups excluding carboxylic acids is 2. The second-order valence-electron chi connectivity index (χ2n) is 6.57. The van der Waals surface area contributed by atoms with Crippen molar-refractivity contribution in [3.8, 4) is 0 Å². The third kappa shape index (κ3) is 5.38. The van der Waals surface area contributed by atoms with Crippen LogP contribution in [-0.4, -0.2) is 24.0 Å². The van der Waals surface area contributed by atoms with Crippen molar-refractivity contribution in [2.45, 2.75) is 71.4 Å². The standard InChI is InChI=1S/C19H27NO3/c1-13-9-10-16(11-14(13)2)12-18(21)23-15(3)19(22)20-17-7-5-4-6-8-17/h9-11,15,17H,4-8,12H2,1-3H3,(H,20,22)/t15-/m0/s1. The highest BCUT2D eigenvalue weighted by Crippen LogP contribution is 2.17. The number of ether oxygens (including phenoxy) is 1. The summed E-state index contributed by atoms with van der Waals surface area (Å²) >= 11 is 0. The van der Waals surface area contributed by atoms with Crippen LogP contribution in [0.15, 0.2) is 18.2 Å². The summed E-state index contributed by atoms with van der Waals surface area (Å²) in [5, 5.41) is 2.99. The van der Waals surface area contributed by atoms with Gasteiger partial charge in [0.25, 0.3) is 5.91 Å². The lowest BCUT2D eigenvalue weighted by Crippen LogP contribution is -2.42. The maximum Gasteiger partial charge on any atom is 0.311 e. The van der Waals surface area contributed by atoms with Crippen LogP contribution in [0.1, 0.15) is 55.7 Å². The Morgan fingerprint density at radius 1 is 1.17 bits per heavy atom. The minimum Gasteiger partial charge on any atom is -0.452 e. The fourth-order valence-electron chi connectivity index (χ4n) is 2.94. The molecule has 1 fully saturated rings. The maximum atomic E-state index is 12.1. The molecule has 1 saturated carbocycles. The first-order valence-corrected chi connectivity index (χ1v) is 8.51. The fraction of sp³-hybridized carbons (Fsp3) is 0.579. The Kier molecular flexibility index (Phi) is 6.20. The number of benzene rings is 1. The number of aryl methyl sites for hydroxylation is 2. The Bertz CT molecular complexity index is 562. The number of hydrogen-bond donors (Lipinski definition) is 1. The topological polar surface area (TPSA) is 55.4 Å². The van der Waals surface area contributed by atoms with Crippen LogP contribution in [0.5, 0.6) is 0 Å². The SMILES string of the molecule is Cc1ccc(CC(=O)O[C@@H](C)C(=O)NC2CCCCC2)cc1C. The van der Waals surface area contributed by atoms with Crippen molar-refractivity contribution in [3.63, 3.8) is 0 Å². The van der Waals surface area contributed by atoms with Gasteiger partial charge in [-0.3, -0.25) is 9.59 Å². The molecule has 23 heavy (non-hydrogen) atoms. The minimum atomic E-state index is -0.740. The summed E-state index contributed by atoms with van der Waals surface area (Å²) in [5.41, 5.74) is 3.26. The van der Waals surface area contributed by atoms with E-state index in [0.717, 1.165) is 36.8 Å². The molecule has 0 unspecified atom stereocenters. The van der Waals surface area contributed by atoms with Gasteiger partial charge in [-0.15, -0.1) is 0 Å². The summed E-state index contributed by atoms with van der Waals surface area (Å²) in [7, 11) is 0. The van der Waals surface area contributed by atoms with Crippen molar-refractivity contribution in [2.75, 3.05) is 0 Å². The molecule has 1 N–H and O–H groups in total. The minimum absolute atomic E-state index is 0.190. The van der Waals surface area contributed by atoms with E-state index in [9.17, 15) is 9.59 Å². The van der Waals surface area contributed by atoms with Gasteiger partial charge in [0.15, 0.2) is 6.10 Å². The summed E-state index contributed by atoms with van der Waals surface area (Å²) in [4.78, 5) is 24.1. The quantitative estimate of drug-likeness (QED) is 0.848. The van der Waals surface area contributed by atoms with Gasteiger partial charge in [-0.25, -0.2) is 0 Å². The normalized spacial score (nSPS) is 16.7. The van der Waals surface area contributed by atoms with Crippen LogP contribution < -0.4 is 5.32 Å². The monoisotopic (exact) mass is 317 g/mol. The van der Waals surface area contributed by atoms with E-state index < -0.39 is 6.10 Å². The zero-order valence-corrected chi connectivity index (χ0v) is 14.4.